The van der Waals surface area contributed by atoms with Crippen molar-refractivity contribution in [3.05, 3.63) is 42.0 Å². The number of anilines is 3. The highest BCUT2D eigenvalue weighted by Crippen LogP contribution is 2.28. The van der Waals surface area contributed by atoms with E-state index >= 15 is 0 Å². The SMILES string of the molecule is c1nc(Nc2ccc(N3CCCC3)cc2)c2ccsc2n1. The van der Waals surface area contributed by atoms with Gasteiger partial charge in [-0.3, -0.25) is 0 Å². The first-order valence-corrected chi connectivity index (χ1v) is 8.08. The van der Waals surface area contributed by atoms with Crippen molar-refractivity contribution in [2.45, 2.75) is 12.8 Å². The zero-order chi connectivity index (χ0) is 14.1. The lowest BCUT2D eigenvalue weighted by Gasteiger charge is -2.17. The van der Waals surface area contributed by atoms with Gasteiger partial charge in [-0.1, -0.05) is 0 Å². The standard InChI is InChI=1S/C16H16N4S/c1-2-9-20(8-1)13-5-3-12(4-6-13)19-15-14-7-10-21-16(14)18-11-17-15/h3-7,10-11H,1-2,8-9H2,(H,17,18,19). The van der Waals surface area contributed by atoms with Crippen molar-refractivity contribution in [1.82, 2.24) is 9.97 Å². The molecule has 1 fully saturated rings. The molecule has 106 valence electrons. The zero-order valence-electron chi connectivity index (χ0n) is 11.6. The van der Waals surface area contributed by atoms with E-state index in [0.717, 1.165) is 21.7 Å². The van der Waals surface area contributed by atoms with Crippen LogP contribution in [-0.4, -0.2) is 23.1 Å². The Morgan fingerprint density at radius 3 is 2.62 bits per heavy atom. The molecule has 1 aromatic carbocycles. The largest absolute Gasteiger partial charge is 0.372 e. The molecule has 0 spiro atoms. The van der Waals surface area contributed by atoms with E-state index in [1.807, 2.05) is 5.38 Å². The Kier molecular flexibility index (Phi) is 3.20. The summed E-state index contributed by atoms with van der Waals surface area (Å²) < 4.78 is 0. The minimum absolute atomic E-state index is 0.871. The molecule has 1 aliphatic heterocycles. The van der Waals surface area contributed by atoms with Crippen LogP contribution in [0.1, 0.15) is 12.8 Å². The van der Waals surface area contributed by atoms with Crippen LogP contribution in [0.15, 0.2) is 42.0 Å². The first kappa shape index (κ1) is 12.6. The molecule has 3 heterocycles. The fraction of sp³-hybridized carbons (Fsp3) is 0.250. The lowest BCUT2D eigenvalue weighted by atomic mass is 10.2. The lowest BCUT2D eigenvalue weighted by molar-refractivity contribution is 0.949. The van der Waals surface area contributed by atoms with Gasteiger partial charge in [-0.2, -0.15) is 0 Å². The molecule has 4 nitrogen and oxygen atoms in total. The van der Waals surface area contributed by atoms with Crippen LogP contribution >= 0.6 is 11.3 Å². The van der Waals surface area contributed by atoms with Gasteiger partial charge in [-0.05, 0) is 48.6 Å². The maximum absolute atomic E-state index is 4.35. The molecule has 0 bridgehead atoms. The second-order valence-corrected chi connectivity index (χ2v) is 6.12. The van der Waals surface area contributed by atoms with Crippen molar-refractivity contribution in [1.29, 1.82) is 0 Å². The molecule has 0 unspecified atom stereocenters. The van der Waals surface area contributed by atoms with Crippen LogP contribution in [0.2, 0.25) is 0 Å². The Labute approximate surface area is 127 Å². The summed E-state index contributed by atoms with van der Waals surface area (Å²) in [4.78, 5) is 12.1. The molecule has 0 amide bonds. The molecule has 5 heteroatoms. The highest BCUT2D eigenvalue weighted by Gasteiger charge is 2.12. The smallest absolute Gasteiger partial charge is 0.142 e. The van der Waals surface area contributed by atoms with E-state index < -0.39 is 0 Å². The fourth-order valence-corrected chi connectivity index (χ4v) is 3.49. The molecule has 1 aliphatic rings. The van der Waals surface area contributed by atoms with Gasteiger partial charge in [0.25, 0.3) is 0 Å². The first-order valence-electron chi connectivity index (χ1n) is 7.20. The summed E-state index contributed by atoms with van der Waals surface area (Å²) in [6.45, 7) is 2.35. The van der Waals surface area contributed by atoms with E-state index in [0.29, 0.717) is 0 Å². The Balaban J connectivity index is 1.58. The third-order valence-corrected chi connectivity index (χ3v) is 4.68. The van der Waals surface area contributed by atoms with Gasteiger partial charge < -0.3 is 10.2 Å². The van der Waals surface area contributed by atoms with E-state index in [-0.39, 0.29) is 0 Å². The number of hydrogen-bond acceptors (Lipinski definition) is 5. The molecule has 4 rings (SSSR count). The van der Waals surface area contributed by atoms with E-state index in [4.69, 9.17) is 0 Å². The molecular formula is C16H16N4S. The summed E-state index contributed by atoms with van der Waals surface area (Å²) in [6, 6.07) is 10.7. The van der Waals surface area contributed by atoms with Crippen LogP contribution < -0.4 is 10.2 Å². The van der Waals surface area contributed by atoms with Crippen LogP contribution in [0.25, 0.3) is 10.2 Å². The van der Waals surface area contributed by atoms with Gasteiger partial charge in [0, 0.05) is 24.5 Å². The van der Waals surface area contributed by atoms with Crippen molar-refractivity contribution < 1.29 is 0 Å². The summed E-state index contributed by atoms with van der Waals surface area (Å²) in [7, 11) is 0. The number of benzene rings is 1. The molecule has 1 N–H and O–H groups in total. The topological polar surface area (TPSA) is 41.1 Å². The maximum Gasteiger partial charge on any atom is 0.142 e. The van der Waals surface area contributed by atoms with E-state index in [1.165, 1.54) is 31.6 Å². The van der Waals surface area contributed by atoms with Gasteiger partial charge in [0.15, 0.2) is 0 Å². The number of aromatic nitrogens is 2. The van der Waals surface area contributed by atoms with Crippen molar-refractivity contribution in [3.8, 4) is 0 Å². The predicted octanol–water partition coefficient (Wildman–Crippen LogP) is 4.04. The van der Waals surface area contributed by atoms with E-state index in [2.05, 4.69) is 50.5 Å². The maximum atomic E-state index is 4.35. The normalized spacial score (nSPS) is 14.8. The third-order valence-electron chi connectivity index (χ3n) is 3.86. The fourth-order valence-electron chi connectivity index (χ4n) is 2.76. The molecule has 1 saturated heterocycles. The number of nitrogens with zero attached hydrogens (tertiary/aromatic N) is 3. The second kappa shape index (κ2) is 5.33. The number of thiophene rings is 1. The van der Waals surface area contributed by atoms with Crippen LogP contribution in [0.5, 0.6) is 0 Å². The summed E-state index contributed by atoms with van der Waals surface area (Å²) in [5.74, 6) is 0.871. The van der Waals surface area contributed by atoms with Gasteiger partial charge in [-0.15, -0.1) is 11.3 Å². The van der Waals surface area contributed by atoms with Gasteiger partial charge in [0.05, 0.1) is 5.39 Å². The van der Waals surface area contributed by atoms with Gasteiger partial charge in [0.1, 0.15) is 17.0 Å². The molecule has 21 heavy (non-hydrogen) atoms. The third kappa shape index (κ3) is 2.45. The molecule has 0 atom stereocenters. The molecule has 0 saturated carbocycles. The van der Waals surface area contributed by atoms with Crippen LogP contribution in [0.4, 0.5) is 17.2 Å². The summed E-state index contributed by atoms with van der Waals surface area (Å²) in [5, 5.41) is 6.51. The average Bonchev–Trinajstić information content (AvgIpc) is 3.20. The molecule has 0 radical (unpaired) electrons. The van der Waals surface area contributed by atoms with Gasteiger partial charge in [0.2, 0.25) is 0 Å². The number of rotatable bonds is 3. The van der Waals surface area contributed by atoms with Crippen molar-refractivity contribution in [2.24, 2.45) is 0 Å². The summed E-state index contributed by atoms with van der Waals surface area (Å²) in [6.07, 6.45) is 4.22. The quantitative estimate of drug-likeness (QED) is 0.792. The van der Waals surface area contributed by atoms with Gasteiger partial charge in [-0.25, -0.2) is 9.97 Å². The second-order valence-electron chi connectivity index (χ2n) is 5.23. The Morgan fingerprint density at radius 2 is 1.81 bits per heavy atom. The number of hydrogen-bond donors (Lipinski definition) is 1. The molecule has 0 aliphatic carbocycles. The Hall–Kier alpha value is -2.14. The number of fused-ring (bicyclic) bond motifs is 1. The predicted molar refractivity (Wildman–Crippen MR) is 88.6 cm³/mol. The molecule has 3 aromatic rings. The summed E-state index contributed by atoms with van der Waals surface area (Å²) in [5.41, 5.74) is 2.37. The minimum atomic E-state index is 0.871. The van der Waals surface area contributed by atoms with Crippen LogP contribution in [-0.2, 0) is 0 Å². The average molecular weight is 296 g/mol. The summed E-state index contributed by atoms with van der Waals surface area (Å²) >= 11 is 1.63. The van der Waals surface area contributed by atoms with Gasteiger partial charge >= 0.3 is 0 Å². The Morgan fingerprint density at radius 1 is 1.00 bits per heavy atom. The molecular weight excluding hydrogens is 280 g/mol. The van der Waals surface area contributed by atoms with E-state index in [1.54, 1.807) is 17.7 Å². The van der Waals surface area contributed by atoms with E-state index in [9.17, 15) is 0 Å². The monoisotopic (exact) mass is 296 g/mol. The Bertz CT molecular complexity index is 744. The highest BCUT2D eigenvalue weighted by atomic mass is 32.1. The molecule has 2 aromatic heterocycles. The van der Waals surface area contributed by atoms with Crippen molar-refractivity contribution in [3.63, 3.8) is 0 Å². The van der Waals surface area contributed by atoms with Crippen LogP contribution in [0.3, 0.4) is 0 Å². The first-order chi connectivity index (χ1) is 10.4. The van der Waals surface area contributed by atoms with Crippen molar-refractivity contribution in [2.75, 3.05) is 23.3 Å². The van der Waals surface area contributed by atoms with Crippen molar-refractivity contribution >= 4 is 38.7 Å². The highest BCUT2D eigenvalue weighted by molar-refractivity contribution is 7.16. The number of nitrogens with one attached hydrogen (secondary N) is 1. The minimum Gasteiger partial charge on any atom is -0.372 e. The van der Waals surface area contributed by atoms with Crippen LogP contribution in [0, 0.1) is 0 Å². The lowest BCUT2D eigenvalue weighted by Crippen LogP contribution is -2.17. The zero-order valence-corrected chi connectivity index (χ0v) is 12.4.